The fraction of sp³-hybridized carbons (Fsp3) is 0.531. The minimum Gasteiger partial charge on any atom is -0.444 e. The Balaban J connectivity index is 2.61. The summed E-state index contributed by atoms with van der Waals surface area (Å²) < 4.78 is 5.51. The number of amides is 3. The second-order valence-corrected chi connectivity index (χ2v) is 12.3. The molecule has 2 aromatic rings. The smallest absolute Gasteiger partial charge is 0.408 e. The third-order valence-electron chi connectivity index (χ3n) is 6.09. The highest BCUT2D eigenvalue weighted by molar-refractivity contribution is 5.92. The maximum atomic E-state index is 14.4. The molecule has 0 fully saturated rings. The average Bonchev–Trinajstić information content (AvgIpc) is 2.81. The van der Waals surface area contributed by atoms with E-state index in [1.807, 2.05) is 90.1 Å². The quantitative estimate of drug-likeness (QED) is 0.388. The number of benzene rings is 2. The van der Waals surface area contributed by atoms with Crippen molar-refractivity contribution in [2.75, 3.05) is 6.54 Å². The third kappa shape index (κ3) is 10.4. The van der Waals surface area contributed by atoms with E-state index in [1.54, 1.807) is 25.7 Å². The summed E-state index contributed by atoms with van der Waals surface area (Å²) in [5.41, 5.74) is 2.37. The number of carbonyl (C=O) groups is 3. The average molecular weight is 538 g/mol. The molecular weight excluding hydrogens is 490 g/mol. The van der Waals surface area contributed by atoms with Gasteiger partial charge in [0.05, 0.1) is 0 Å². The van der Waals surface area contributed by atoms with Crippen molar-refractivity contribution >= 4 is 17.9 Å². The van der Waals surface area contributed by atoms with E-state index >= 15 is 0 Å². The number of carbonyl (C=O) groups excluding carboxylic acids is 3. The molecule has 0 heterocycles. The summed E-state index contributed by atoms with van der Waals surface area (Å²) in [5.74, 6) is -0.579. The van der Waals surface area contributed by atoms with Crippen molar-refractivity contribution in [2.24, 2.45) is 0 Å². The maximum Gasteiger partial charge on any atom is 0.408 e. The van der Waals surface area contributed by atoms with Crippen LogP contribution in [0.25, 0.3) is 0 Å². The van der Waals surface area contributed by atoms with Crippen molar-refractivity contribution in [3.8, 4) is 0 Å². The van der Waals surface area contributed by atoms with Gasteiger partial charge in [0.25, 0.3) is 0 Å². The fourth-order valence-electron chi connectivity index (χ4n) is 4.34. The second-order valence-electron chi connectivity index (χ2n) is 12.3. The van der Waals surface area contributed by atoms with Crippen molar-refractivity contribution in [1.29, 1.82) is 0 Å². The van der Waals surface area contributed by atoms with Crippen LogP contribution in [0, 0.1) is 13.8 Å². The Morgan fingerprint density at radius 3 is 2.15 bits per heavy atom. The molecule has 2 N–H and O–H groups in total. The highest BCUT2D eigenvalue weighted by Gasteiger charge is 2.37. The van der Waals surface area contributed by atoms with Crippen LogP contribution in [0.5, 0.6) is 0 Å². The molecule has 7 nitrogen and oxygen atoms in total. The molecular formula is C32H47N3O4. The van der Waals surface area contributed by atoms with E-state index in [4.69, 9.17) is 4.74 Å². The van der Waals surface area contributed by atoms with Gasteiger partial charge in [0.1, 0.15) is 17.7 Å². The topological polar surface area (TPSA) is 87.7 Å². The minimum atomic E-state index is -0.922. The summed E-state index contributed by atoms with van der Waals surface area (Å²) in [7, 11) is 0. The van der Waals surface area contributed by atoms with Crippen LogP contribution in [0.1, 0.15) is 89.6 Å². The van der Waals surface area contributed by atoms with Crippen LogP contribution in [0.4, 0.5) is 4.79 Å². The van der Waals surface area contributed by atoms with Gasteiger partial charge in [-0.3, -0.25) is 9.59 Å². The Hall–Kier alpha value is -3.35. The maximum absolute atomic E-state index is 14.4. The van der Waals surface area contributed by atoms with Crippen LogP contribution >= 0.6 is 0 Å². The first-order chi connectivity index (χ1) is 18.1. The Bertz CT molecular complexity index is 1120. The first-order valence-corrected chi connectivity index (χ1v) is 13.8. The number of hydrogen-bond donors (Lipinski definition) is 2. The van der Waals surface area contributed by atoms with E-state index in [9.17, 15) is 14.4 Å². The molecule has 0 aromatic heterocycles. The summed E-state index contributed by atoms with van der Waals surface area (Å²) in [6.45, 7) is 17.4. The fourth-order valence-corrected chi connectivity index (χ4v) is 4.34. The number of nitrogens with zero attached hydrogens (tertiary/aromatic N) is 1. The molecule has 2 unspecified atom stereocenters. The Labute approximate surface area is 234 Å². The molecule has 0 aliphatic carbocycles. The zero-order valence-electron chi connectivity index (χ0n) is 25.2. The van der Waals surface area contributed by atoms with Gasteiger partial charge in [-0.25, -0.2) is 4.79 Å². The standard InChI is InChI=1S/C32H47N3O4/c1-10-11-19-35(27(28(36)34-31(4,5)6)25-20-22(2)17-18-23(25)3)29(37)26(21-24-15-13-12-14-16-24)33-30(38)39-32(7,8)9/h12-18,20,26-27H,10-11,19,21H2,1-9H3,(H,33,38)(H,34,36). The lowest BCUT2D eigenvalue weighted by atomic mass is 9.94. The number of hydrogen-bond acceptors (Lipinski definition) is 4. The molecule has 0 spiro atoms. The predicted molar refractivity (Wildman–Crippen MR) is 156 cm³/mol. The van der Waals surface area contributed by atoms with Crippen LogP contribution in [0.2, 0.25) is 0 Å². The van der Waals surface area contributed by atoms with Gasteiger partial charge in [-0.05, 0) is 78.5 Å². The summed E-state index contributed by atoms with van der Waals surface area (Å²) in [6.07, 6.45) is 1.14. The van der Waals surface area contributed by atoms with Crippen LogP contribution in [-0.4, -0.2) is 46.5 Å². The van der Waals surface area contributed by atoms with Crippen molar-refractivity contribution in [1.82, 2.24) is 15.5 Å². The van der Waals surface area contributed by atoms with E-state index in [-0.39, 0.29) is 18.2 Å². The Morgan fingerprint density at radius 1 is 0.949 bits per heavy atom. The number of alkyl carbamates (subject to hydrolysis) is 1. The van der Waals surface area contributed by atoms with Crippen molar-refractivity contribution in [2.45, 2.75) is 105 Å². The molecule has 39 heavy (non-hydrogen) atoms. The molecule has 3 amide bonds. The van der Waals surface area contributed by atoms with Gasteiger partial charge >= 0.3 is 6.09 Å². The minimum absolute atomic E-state index is 0.253. The summed E-state index contributed by atoms with van der Waals surface area (Å²) in [5, 5.41) is 5.91. The molecule has 7 heteroatoms. The lowest BCUT2D eigenvalue weighted by molar-refractivity contribution is -0.143. The number of aryl methyl sites for hydroxylation is 2. The second kappa shape index (κ2) is 13.6. The number of rotatable bonds is 10. The Kier molecular flexibility index (Phi) is 11.1. The molecule has 0 bridgehead atoms. The van der Waals surface area contributed by atoms with Gasteiger partial charge in [-0.1, -0.05) is 67.4 Å². The van der Waals surface area contributed by atoms with Crippen molar-refractivity contribution < 1.29 is 19.1 Å². The van der Waals surface area contributed by atoms with Gasteiger partial charge in [-0.15, -0.1) is 0 Å². The predicted octanol–water partition coefficient (Wildman–Crippen LogP) is 6.02. The van der Waals surface area contributed by atoms with Gasteiger partial charge < -0.3 is 20.3 Å². The lowest BCUT2D eigenvalue weighted by Gasteiger charge is -2.36. The van der Waals surface area contributed by atoms with Crippen LogP contribution in [0.3, 0.4) is 0 Å². The largest absolute Gasteiger partial charge is 0.444 e. The molecule has 2 rings (SSSR count). The van der Waals surface area contributed by atoms with Crippen LogP contribution in [0.15, 0.2) is 48.5 Å². The van der Waals surface area contributed by atoms with Gasteiger partial charge in [0.2, 0.25) is 11.8 Å². The first kappa shape index (κ1) is 31.9. The normalized spacial score (nSPS) is 13.3. The molecule has 0 aliphatic heterocycles. The van der Waals surface area contributed by atoms with E-state index < -0.39 is 29.3 Å². The Morgan fingerprint density at radius 2 is 1.59 bits per heavy atom. The highest BCUT2D eigenvalue weighted by atomic mass is 16.6. The monoisotopic (exact) mass is 537 g/mol. The van der Waals surface area contributed by atoms with E-state index in [1.165, 1.54) is 0 Å². The summed E-state index contributed by atoms with van der Waals surface area (Å²) in [4.78, 5) is 42.8. The van der Waals surface area contributed by atoms with Crippen LogP contribution < -0.4 is 10.6 Å². The molecule has 0 saturated carbocycles. The van der Waals surface area contributed by atoms with E-state index in [0.717, 1.165) is 28.7 Å². The molecule has 2 atom stereocenters. The molecule has 214 valence electrons. The van der Waals surface area contributed by atoms with Gasteiger partial charge in [0, 0.05) is 18.5 Å². The number of nitrogens with one attached hydrogen (secondary N) is 2. The molecule has 2 aromatic carbocycles. The first-order valence-electron chi connectivity index (χ1n) is 13.8. The zero-order chi connectivity index (χ0) is 29.4. The van der Waals surface area contributed by atoms with Crippen molar-refractivity contribution in [3.05, 3.63) is 70.8 Å². The SMILES string of the molecule is CCCCN(C(=O)C(Cc1ccccc1)NC(=O)OC(C)(C)C)C(C(=O)NC(C)(C)C)c1cc(C)ccc1C. The summed E-state index contributed by atoms with van der Waals surface area (Å²) in [6, 6.07) is 13.7. The zero-order valence-corrected chi connectivity index (χ0v) is 25.2. The van der Waals surface area contributed by atoms with Gasteiger partial charge in [-0.2, -0.15) is 0 Å². The molecule has 0 aliphatic rings. The third-order valence-corrected chi connectivity index (χ3v) is 6.09. The summed E-state index contributed by atoms with van der Waals surface area (Å²) >= 11 is 0. The highest BCUT2D eigenvalue weighted by Crippen LogP contribution is 2.28. The van der Waals surface area contributed by atoms with Crippen molar-refractivity contribution in [3.63, 3.8) is 0 Å². The molecule has 0 radical (unpaired) electrons. The van der Waals surface area contributed by atoms with E-state index in [2.05, 4.69) is 10.6 Å². The van der Waals surface area contributed by atoms with Crippen LogP contribution in [-0.2, 0) is 20.7 Å². The van der Waals surface area contributed by atoms with E-state index in [0.29, 0.717) is 13.0 Å². The number of ether oxygens (including phenoxy) is 1. The van der Waals surface area contributed by atoms with Gasteiger partial charge in [0.15, 0.2) is 0 Å². The molecule has 0 saturated heterocycles. The number of unbranched alkanes of at least 4 members (excludes halogenated alkanes) is 1. The lowest BCUT2D eigenvalue weighted by Crippen LogP contribution is -2.55.